The molecular formula is C14H10BrN3O3. The number of aryl methyl sites for hydroxylation is 2. The summed E-state index contributed by atoms with van der Waals surface area (Å²) in [5.41, 5.74) is 1.42. The Morgan fingerprint density at radius 1 is 1.43 bits per heavy atom. The highest BCUT2D eigenvalue weighted by Crippen LogP contribution is 2.38. The second-order valence-electron chi connectivity index (χ2n) is 4.32. The van der Waals surface area contributed by atoms with E-state index in [1.165, 1.54) is 12.1 Å². The highest BCUT2D eigenvalue weighted by molar-refractivity contribution is 9.10. The largest absolute Gasteiger partial charge is 0.429 e. The zero-order valence-electron chi connectivity index (χ0n) is 11.3. The lowest BCUT2D eigenvalue weighted by Crippen LogP contribution is -2.00. The summed E-state index contributed by atoms with van der Waals surface area (Å²) in [6.07, 6.45) is 0. The van der Waals surface area contributed by atoms with Crippen molar-refractivity contribution in [2.45, 2.75) is 13.8 Å². The standard InChI is InChI=1S/C14H10BrN3O3/c1-8-6-9(2)17-14(10(8)7-16)21-13-11(15)4-3-5-12(13)18(19)20/h3-6H,1-2H3. The van der Waals surface area contributed by atoms with Crippen LogP contribution in [0.4, 0.5) is 5.69 Å². The van der Waals surface area contributed by atoms with E-state index in [1.54, 1.807) is 26.0 Å². The molecule has 2 aromatic rings. The molecule has 0 aliphatic heterocycles. The molecule has 0 amide bonds. The molecule has 0 atom stereocenters. The van der Waals surface area contributed by atoms with Gasteiger partial charge in [-0.2, -0.15) is 5.26 Å². The summed E-state index contributed by atoms with van der Waals surface area (Å²) >= 11 is 3.22. The summed E-state index contributed by atoms with van der Waals surface area (Å²) in [6, 6.07) is 8.24. The van der Waals surface area contributed by atoms with Crippen molar-refractivity contribution in [2.75, 3.05) is 0 Å². The number of nitro groups is 1. The van der Waals surface area contributed by atoms with Gasteiger partial charge in [-0.25, -0.2) is 4.98 Å². The lowest BCUT2D eigenvalue weighted by atomic mass is 10.1. The maximum Gasteiger partial charge on any atom is 0.312 e. The molecule has 0 N–H and O–H groups in total. The fourth-order valence-electron chi connectivity index (χ4n) is 1.85. The summed E-state index contributed by atoms with van der Waals surface area (Å²) in [5, 5.41) is 20.3. The highest BCUT2D eigenvalue weighted by Gasteiger charge is 2.21. The molecule has 1 aromatic carbocycles. The number of ether oxygens (including phenoxy) is 1. The van der Waals surface area contributed by atoms with Crippen LogP contribution in [0.25, 0.3) is 0 Å². The fourth-order valence-corrected chi connectivity index (χ4v) is 2.29. The fraction of sp³-hybridized carbons (Fsp3) is 0.143. The van der Waals surface area contributed by atoms with E-state index in [0.29, 0.717) is 15.7 Å². The van der Waals surface area contributed by atoms with Crippen LogP contribution in [-0.4, -0.2) is 9.91 Å². The Kier molecular flexibility index (Phi) is 4.19. The first-order chi connectivity index (χ1) is 9.93. The van der Waals surface area contributed by atoms with Gasteiger partial charge in [-0.05, 0) is 47.5 Å². The minimum Gasteiger partial charge on any atom is -0.429 e. The van der Waals surface area contributed by atoms with Crippen LogP contribution in [0.2, 0.25) is 0 Å². The van der Waals surface area contributed by atoms with Gasteiger partial charge in [0.05, 0.1) is 9.40 Å². The first-order valence-corrected chi connectivity index (χ1v) is 6.72. The molecule has 106 valence electrons. The van der Waals surface area contributed by atoms with E-state index >= 15 is 0 Å². The van der Waals surface area contributed by atoms with Crippen LogP contribution in [0.1, 0.15) is 16.8 Å². The van der Waals surface area contributed by atoms with Gasteiger partial charge in [0.15, 0.2) is 0 Å². The van der Waals surface area contributed by atoms with Crippen LogP contribution in [-0.2, 0) is 0 Å². The molecule has 6 nitrogen and oxygen atoms in total. The van der Waals surface area contributed by atoms with Crippen molar-refractivity contribution in [3.8, 4) is 17.7 Å². The molecule has 1 heterocycles. The molecule has 7 heteroatoms. The number of pyridine rings is 1. The van der Waals surface area contributed by atoms with Gasteiger partial charge in [0.2, 0.25) is 11.6 Å². The molecule has 1 aromatic heterocycles. The van der Waals surface area contributed by atoms with Gasteiger partial charge >= 0.3 is 5.69 Å². The number of para-hydroxylation sites is 1. The number of rotatable bonds is 3. The zero-order valence-corrected chi connectivity index (χ0v) is 12.8. The normalized spacial score (nSPS) is 10.0. The number of benzene rings is 1. The SMILES string of the molecule is Cc1cc(C)c(C#N)c(Oc2c(Br)cccc2[N+](=O)[O-])n1. The van der Waals surface area contributed by atoms with Gasteiger partial charge in [0.1, 0.15) is 11.6 Å². The van der Waals surface area contributed by atoms with E-state index in [1.807, 2.05) is 6.07 Å². The molecule has 0 bridgehead atoms. The van der Waals surface area contributed by atoms with Gasteiger partial charge < -0.3 is 4.74 Å². The number of hydrogen-bond donors (Lipinski definition) is 0. The predicted octanol–water partition coefficient (Wildman–Crippen LogP) is 4.03. The smallest absolute Gasteiger partial charge is 0.312 e. The Hall–Kier alpha value is -2.46. The van der Waals surface area contributed by atoms with Crippen molar-refractivity contribution in [3.63, 3.8) is 0 Å². The molecule has 0 spiro atoms. The number of nitriles is 1. The van der Waals surface area contributed by atoms with E-state index in [9.17, 15) is 15.4 Å². The third-order valence-electron chi connectivity index (χ3n) is 2.76. The molecule has 0 aliphatic rings. The second-order valence-corrected chi connectivity index (χ2v) is 5.17. The summed E-state index contributed by atoms with van der Waals surface area (Å²) in [4.78, 5) is 14.7. The van der Waals surface area contributed by atoms with Gasteiger partial charge in [0.25, 0.3) is 0 Å². The van der Waals surface area contributed by atoms with Crippen LogP contribution in [0.3, 0.4) is 0 Å². The minimum atomic E-state index is -0.547. The predicted molar refractivity (Wildman–Crippen MR) is 79.3 cm³/mol. The maximum absolute atomic E-state index is 11.1. The van der Waals surface area contributed by atoms with Gasteiger partial charge in [-0.15, -0.1) is 0 Å². The Labute approximate surface area is 129 Å². The van der Waals surface area contributed by atoms with Gasteiger partial charge in [0, 0.05) is 11.8 Å². The second kappa shape index (κ2) is 5.89. The number of nitrogens with zero attached hydrogens (tertiary/aromatic N) is 3. The van der Waals surface area contributed by atoms with Crippen molar-refractivity contribution in [2.24, 2.45) is 0 Å². The molecular weight excluding hydrogens is 338 g/mol. The molecule has 0 saturated carbocycles. The molecule has 0 aliphatic carbocycles. The van der Waals surface area contributed by atoms with E-state index in [2.05, 4.69) is 20.9 Å². The average molecular weight is 348 g/mol. The molecule has 0 saturated heterocycles. The van der Waals surface area contributed by atoms with Crippen LogP contribution in [0.5, 0.6) is 11.6 Å². The molecule has 0 radical (unpaired) electrons. The number of halogens is 1. The Morgan fingerprint density at radius 2 is 2.14 bits per heavy atom. The zero-order chi connectivity index (χ0) is 15.6. The van der Waals surface area contributed by atoms with E-state index in [-0.39, 0.29) is 22.9 Å². The van der Waals surface area contributed by atoms with Crippen LogP contribution in [0, 0.1) is 35.3 Å². The van der Waals surface area contributed by atoms with Crippen LogP contribution in [0.15, 0.2) is 28.7 Å². The van der Waals surface area contributed by atoms with Crippen molar-refractivity contribution in [1.29, 1.82) is 5.26 Å². The van der Waals surface area contributed by atoms with Crippen molar-refractivity contribution in [3.05, 3.63) is 55.7 Å². The molecule has 0 fully saturated rings. The topological polar surface area (TPSA) is 89.0 Å². The Balaban J connectivity index is 2.59. The lowest BCUT2D eigenvalue weighted by Gasteiger charge is -2.10. The Morgan fingerprint density at radius 3 is 2.76 bits per heavy atom. The number of aromatic nitrogens is 1. The third kappa shape index (κ3) is 3.01. The monoisotopic (exact) mass is 347 g/mol. The van der Waals surface area contributed by atoms with E-state index < -0.39 is 4.92 Å². The first kappa shape index (κ1) is 14.9. The summed E-state index contributed by atoms with van der Waals surface area (Å²) < 4.78 is 5.98. The lowest BCUT2D eigenvalue weighted by molar-refractivity contribution is -0.385. The van der Waals surface area contributed by atoms with Crippen molar-refractivity contribution in [1.82, 2.24) is 4.98 Å². The van der Waals surface area contributed by atoms with Crippen molar-refractivity contribution < 1.29 is 9.66 Å². The molecule has 0 unspecified atom stereocenters. The van der Waals surface area contributed by atoms with Crippen LogP contribution < -0.4 is 4.74 Å². The number of hydrogen-bond acceptors (Lipinski definition) is 5. The molecule has 21 heavy (non-hydrogen) atoms. The summed E-state index contributed by atoms with van der Waals surface area (Å²) in [7, 11) is 0. The highest BCUT2D eigenvalue weighted by atomic mass is 79.9. The third-order valence-corrected chi connectivity index (χ3v) is 3.39. The Bertz CT molecular complexity index is 769. The minimum absolute atomic E-state index is 0.0245. The quantitative estimate of drug-likeness (QED) is 0.617. The van der Waals surface area contributed by atoms with Crippen LogP contribution >= 0.6 is 15.9 Å². The summed E-state index contributed by atoms with van der Waals surface area (Å²) in [6.45, 7) is 3.52. The average Bonchev–Trinajstić information content (AvgIpc) is 2.40. The van der Waals surface area contributed by atoms with Gasteiger partial charge in [-0.1, -0.05) is 6.07 Å². The van der Waals surface area contributed by atoms with E-state index in [0.717, 1.165) is 0 Å². The first-order valence-electron chi connectivity index (χ1n) is 5.93. The van der Waals surface area contributed by atoms with E-state index in [4.69, 9.17) is 4.74 Å². The van der Waals surface area contributed by atoms with Crippen molar-refractivity contribution >= 4 is 21.6 Å². The van der Waals surface area contributed by atoms with Gasteiger partial charge in [-0.3, -0.25) is 10.1 Å². The molecule has 2 rings (SSSR count). The number of nitro benzene ring substituents is 1. The maximum atomic E-state index is 11.1. The summed E-state index contributed by atoms with van der Waals surface area (Å²) in [5.74, 6) is 0.0847.